The van der Waals surface area contributed by atoms with E-state index in [2.05, 4.69) is 53.5 Å². The van der Waals surface area contributed by atoms with Crippen LogP contribution in [0.5, 0.6) is 0 Å². The lowest BCUT2D eigenvalue weighted by atomic mass is 9.93. The summed E-state index contributed by atoms with van der Waals surface area (Å²) in [4.78, 5) is 28.5. The molecule has 2 aromatic carbocycles. The van der Waals surface area contributed by atoms with Gasteiger partial charge in [0.05, 0.1) is 6.04 Å². The van der Waals surface area contributed by atoms with Crippen LogP contribution in [0.15, 0.2) is 65.6 Å². The molecule has 0 spiro atoms. The number of hydrogen-bond donors (Lipinski definition) is 0. The fourth-order valence-corrected chi connectivity index (χ4v) is 5.77. The molecule has 3 aromatic rings. The maximum absolute atomic E-state index is 14.0. The van der Waals surface area contributed by atoms with Gasteiger partial charge in [-0.2, -0.15) is 0 Å². The molecule has 0 fully saturated rings. The Morgan fingerprint density at radius 2 is 1.42 bits per heavy atom. The normalized spacial score (nSPS) is 17.8. The van der Waals surface area contributed by atoms with Gasteiger partial charge in [0, 0.05) is 38.1 Å². The van der Waals surface area contributed by atoms with Crippen molar-refractivity contribution in [2.45, 2.75) is 58.2 Å². The number of hydrogen-bond acceptors (Lipinski definition) is 5. The molecule has 5 rings (SSSR count). The Labute approximate surface area is 211 Å². The summed E-state index contributed by atoms with van der Waals surface area (Å²) in [6.45, 7) is 5.68. The number of aromatic nitrogens is 1. The molecule has 7 nitrogen and oxygen atoms in total. The fraction of sp³-hybridized carbons (Fsp3) is 0.379. The molecule has 1 aliphatic carbocycles. The molecule has 0 radical (unpaired) electrons. The molecule has 2 aliphatic rings. The second-order valence-electron chi connectivity index (χ2n) is 9.74. The maximum atomic E-state index is 14.0. The Balaban J connectivity index is 1.88. The molecule has 1 atom stereocenters. The van der Waals surface area contributed by atoms with Gasteiger partial charge in [-0.1, -0.05) is 48.5 Å². The summed E-state index contributed by atoms with van der Waals surface area (Å²) < 4.78 is 13.5. The van der Waals surface area contributed by atoms with Crippen LogP contribution in [-0.2, 0) is 22.3 Å². The van der Waals surface area contributed by atoms with E-state index in [1.807, 2.05) is 18.5 Å². The Hall–Kier alpha value is -3.42. The van der Waals surface area contributed by atoms with Crippen molar-refractivity contribution in [1.29, 1.82) is 0 Å². The lowest BCUT2D eigenvalue weighted by molar-refractivity contribution is -0.152. The molecule has 7 heteroatoms. The SMILES string of the molecule is COC(OC)C1N(C(C)C)C(=O)c2c(C)c(=O)ccn2N1C1c2ccccc2CCc2ccccc21. The van der Waals surface area contributed by atoms with E-state index in [-0.39, 0.29) is 23.4 Å². The Bertz CT molecular complexity index is 1300. The zero-order valence-electron chi connectivity index (χ0n) is 21.5. The molecular weight excluding hydrogens is 454 g/mol. The number of aryl methyl sites for hydroxylation is 2. The monoisotopic (exact) mass is 487 g/mol. The van der Waals surface area contributed by atoms with Gasteiger partial charge in [-0.15, -0.1) is 0 Å². The van der Waals surface area contributed by atoms with Gasteiger partial charge in [0.2, 0.25) is 0 Å². The van der Waals surface area contributed by atoms with Crippen LogP contribution in [0.4, 0.5) is 0 Å². The molecule has 1 amide bonds. The van der Waals surface area contributed by atoms with E-state index in [9.17, 15) is 9.59 Å². The highest BCUT2D eigenvalue weighted by molar-refractivity contribution is 5.95. The van der Waals surface area contributed by atoms with Crippen molar-refractivity contribution < 1.29 is 14.3 Å². The van der Waals surface area contributed by atoms with Crippen LogP contribution in [0.3, 0.4) is 0 Å². The number of nitrogens with zero attached hydrogens (tertiary/aromatic N) is 3. The second-order valence-corrected chi connectivity index (χ2v) is 9.74. The van der Waals surface area contributed by atoms with Crippen LogP contribution in [-0.4, -0.2) is 48.2 Å². The minimum Gasteiger partial charge on any atom is -0.352 e. The average Bonchev–Trinajstić information content (AvgIpc) is 3.04. The molecule has 1 unspecified atom stereocenters. The first-order valence-corrected chi connectivity index (χ1v) is 12.4. The predicted octanol–water partition coefficient (Wildman–Crippen LogP) is 3.79. The first-order chi connectivity index (χ1) is 17.4. The molecule has 0 bridgehead atoms. The molecule has 0 saturated heterocycles. The van der Waals surface area contributed by atoms with Crippen LogP contribution < -0.4 is 10.4 Å². The second kappa shape index (κ2) is 9.56. The topological polar surface area (TPSA) is 64.0 Å². The minimum atomic E-state index is -0.730. The Morgan fingerprint density at radius 1 is 0.861 bits per heavy atom. The third-order valence-electron chi connectivity index (χ3n) is 7.45. The van der Waals surface area contributed by atoms with Crippen molar-refractivity contribution in [3.8, 4) is 0 Å². The van der Waals surface area contributed by atoms with E-state index in [4.69, 9.17) is 9.47 Å². The highest BCUT2D eigenvalue weighted by Crippen LogP contribution is 2.40. The number of rotatable bonds is 5. The van der Waals surface area contributed by atoms with E-state index < -0.39 is 12.5 Å². The van der Waals surface area contributed by atoms with Crippen molar-refractivity contribution in [1.82, 2.24) is 9.58 Å². The molecule has 36 heavy (non-hydrogen) atoms. The zero-order valence-corrected chi connectivity index (χ0v) is 21.5. The highest BCUT2D eigenvalue weighted by Gasteiger charge is 2.48. The van der Waals surface area contributed by atoms with E-state index in [0.29, 0.717) is 11.3 Å². The predicted molar refractivity (Wildman–Crippen MR) is 139 cm³/mol. The molecule has 0 saturated carbocycles. The van der Waals surface area contributed by atoms with E-state index >= 15 is 0 Å². The van der Waals surface area contributed by atoms with Crippen molar-refractivity contribution in [2.75, 3.05) is 19.2 Å². The standard InChI is InChI=1S/C29H33N3O4/c1-18(2)31-27(29(35-4)36-5)32(30-17-16-24(33)19(3)25(30)28(31)34)26-22-12-8-6-10-20(22)14-15-21-11-7-9-13-23(21)26/h6-13,16-18,26-27,29H,14-15H2,1-5H3. The molecule has 2 heterocycles. The van der Waals surface area contributed by atoms with Gasteiger partial charge in [-0.05, 0) is 55.9 Å². The summed E-state index contributed by atoms with van der Waals surface area (Å²) in [7, 11) is 3.19. The van der Waals surface area contributed by atoms with Gasteiger partial charge in [-0.25, -0.2) is 0 Å². The van der Waals surface area contributed by atoms with Crippen LogP contribution in [0, 0.1) is 6.92 Å². The number of amides is 1. The van der Waals surface area contributed by atoms with Gasteiger partial charge in [0.15, 0.2) is 17.9 Å². The molecule has 0 N–H and O–H groups in total. The van der Waals surface area contributed by atoms with Crippen molar-refractivity contribution >= 4 is 5.91 Å². The summed E-state index contributed by atoms with van der Waals surface area (Å²) in [5.41, 5.74) is 5.49. The van der Waals surface area contributed by atoms with Gasteiger partial charge < -0.3 is 14.4 Å². The Morgan fingerprint density at radius 3 is 1.94 bits per heavy atom. The van der Waals surface area contributed by atoms with Crippen LogP contribution in [0.1, 0.15) is 58.2 Å². The van der Waals surface area contributed by atoms with Crippen molar-refractivity contribution in [3.63, 3.8) is 0 Å². The summed E-state index contributed by atoms with van der Waals surface area (Å²) in [6.07, 6.45) is 2.23. The van der Waals surface area contributed by atoms with E-state index in [0.717, 1.165) is 12.8 Å². The van der Waals surface area contributed by atoms with Gasteiger partial charge >= 0.3 is 0 Å². The summed E-state index contributed by atoms with van der Waals surface area (Å²) in [5.74, 6) is -0.212. The number of fused-ring (bicyclic) bond motifs is 3. The fourth-order valence-electron chi connectivity index (χ4n) is 5.77. The lowest BCUT2D eigenvalue weighted by Gasteiger charge is -2.53. The van der Waals surface area contributed by atoms with E-state index in [1.165, 1.54) is 28.3 Å². The number of carbonyl (C=O) groups excluding carboxylic acids is 1. The summed E-state index contributed by atoms with van der Waals surface area (Å²) in [6, 6.07) is 18.1. The number of pyridine rings is 1. The van der Waals surface area contributed by atoms with Crippen molar-refractivity contribution in [3.05, 3.63) is 105 Å². The van der Waals surface area contributed by atoms with Crippen molar-refractivity contribution in [2.24, 2.45) is 0 Å². The van der Waals surface area contributed by atoms with Crippen LogP contribution >= 0.6 is 0 Å². The Kier molecular flexibility index (Phi) is 6.45. The summed E-state index contributed by atoms with van der Waals surface area (Å²) in [5, 5.41) is 2.17. The van der Waals surface area contributed by atoms with Gasteiger partial charge in [0.25, 0.3) is 5.91 Å². The number of ether oxygens (including phenoxy) is 2. The first kappa shape index (κ1) is 24.3. The smallest absolute Gasteiger partial charge is 0.274 e. The van der Waals surface area contributed by atoms with E-state index in [1.54, 1.807) is 32.2 Å². The first-order valence-electron chi connectivity index (χ1n) is 12.4. The highest BCUT2D eigenvalue weighted by atomic mass is 16.7. The summed E-state index contributed by atoms with van der Waals surface area (Å²) >= 11 is 0. The molecular formula is C29H33N3O4. The van der Waals surface area contributed by atoms with Gasteiger partial charge in [0.1, 0.15) is 5.69 Å². The third kappa shape index (κ3) is 3.74. The number of benzene rings is 2. The quantitative estimate of drug-likeness (QED) is 0.513. The molecule has 1 aliphatic heterocycles. The number of methoxy groups -OCH3 is 2. The lowest BCUT2D eigenvalue weighted by Crippen LogP contribution is -2.68. The average molecular weight is 488 g/mol. The zero-order chi connectivity index (χ0) is 25.6. The maximum Gasteiger partial charge on any atom is 0.274 e. The largest absolute Gasteiger partial charge is 0.352 e. The minimum absolute atomic E-state index is 0.159. The number of carbonyl (C=O) groups is 1. The molecule has 188 valence electrons. The van der Waals surface area contributed by atoms with Crippen LogP contribution in [0.2, 0.25) is 0 Å². The third-order valence-corrected chi connectivity index (χ3v) is 7.45. The molecule has 1 aromatic heterocycles. The van der Waals surface area contributed by atoms with Gasteiger partial charge in [-0.3, -0.25) is 19.3 Å². The van der Waals surface area contributed by atoms with Crippen LogP contribution in [0.25, 0.3) is 0 Å².